The second-order valence-corrected chi connectivity index (χ2v) is 7.94. The van der Waals surface area contributed by atoms with E-state index in [0.29, 0.717) is 0 Å². The first-order valence-corrected chi connectivity index (χ1v) is 9.63. The Morgan fingerprint density at radius 2 is 1.64 bits per heavy atom. The molecule has 4 nitrogen and oxygen atoms in total. The molecule has 0 radical (unpaired) electrons. The van der Waals surface area contributed by atoms with E-state index in [1.165, 1.54) is 6.07 Å². The summed E-state index contributed by atoms with van der Waals surface area (Å²) in [6.45, 7) is -1.10. The van der Waals surface area contributed by atoms with Crippen molar-refractivity contribution in [2.45, 2.75) is 17.7 Å². The number of alkyl halides is 4. The van der Waals surface area contributed by atoms with Crippen molar-refractivity contribution < 1.29 is 34.9 Å². The molecule has 0 aliphatic heterocycles. The van der Waals surface area contributed by atoms with Crippen LogP contribution in [0.5, 0.6) is 0 Å². The molecule has 0 atom stereocenters. The van der Waals surface area contributed by atoms with Gasteiger partial charge >= 0.3 is 6.18 Å². The topological polar surface area (TPSA) is 60.2 Å². The van der Waals surface area contributed by atoms with Crippen LogP contribution in [0.1, 0.15) is 11.3 Å². The summed E-state index contributed by atoms with van der Waals surface area (Å²) in [5.41, 5.74) is -0.572. The Morgan fingerprint density at radius 3 is 2.14 bits per heavy atom. The van der Waals surface area contributed by atoms with Crippen LogP contribution in [0.4, 0.5) is 22.0 Å². The highest BCUT2D eigenvalue weighted by molar-refractivity contribution is 7.90. The van der Waals surface area contributed by atoms with E-state index in [9.17, 15) is 30.4 Å². The van der Waals surface area contributed by atoms with Crippen LogP contribution in [0.15, 0.2) is 51.9 Å². The molecule has 1 heterocycles. The monoisotopic (exact) mass is 417 g/mol. The third kappa shape index (κ3) is 3.77. The minimum Gasteiger partial charge on any atom is -0.357 e. The molecule has 0 bridgehead atoms. The van der Waals surface area contributed by atoms with E-state index in [1.807, 2.05) is 0 Å². The van der Waals surface area contributed by atoms with E-state index < -0.39 is 39.0 Å². The van der Waals surface area contributed by atoms with E-state index in [2.05, 4.69) is 5.16 Å². The van der Waals surface area contributed by atoms with Crippen LogP contribution in [0, 0.1) is 5.82 Å². The van der Waals surface area contributed by atoms with Gasteiger partial charge in [-0.25, -0.2) is 17.2 Å². The Labute approximate surface area is 156 Å². The van der Waals surface area contributed by atoms with Gasteiger partial charge in [-0.3, -0.25) is 0 Å². The molecule has 2 aromatic carbocycles. The van der Waals surface area contributed by atoms with Crippen molar-refractivity contribution in [3.05, 3.63) is 59.6 Å². The maximum Gasteiger partial charge on any atom is 0.416 e. The zero-order valence-electron chi connectivity index (χ0n) is 14.2. The number of halogens is 5. The van der Waals surface area contributed by atoms with E-state index >= 15 is 0 Å². The highest BCUT2D eigenvalue weighted by Crippen LogP contribution is 2.37. The summed E-state index contributed by atoms with van der Waals surface area (Å²) in [5, 5.41) is 3.69. The van der Waals surface area contributed by atoms with Crippen LogP contribution in [-0.4, -0.2) is 19.8 Å². The van der Waals surface area contributed by atoms with Crippen molar-refractivity contribution in [2.24, 2.45) is 0 Å². The van der Waals surface area contributed by atoms with Crippen molar-refractivity contribution >= 4 is 9.84 Å². The normalized spacial score (nSPS) is 12.4. The molecule has 148 valence electrons. The van der Waals surface area contributed by atoms with Crippen LogP contribution < -0.4 is 0 Å². The second kappa shape index (κ2) is 7.01. The van der Waals surface area contributed by atoms with Gasteiger partial charge in [-0.1, -0.05) is 23.4 Å². The number of aromatic nitrogens is 1. The molecule has 0 fully saturated rings. The van der Waals surface area contributed by atoms with E-state index in [1.54, 1.807) is 0 Å². The summed E-state index contributed by atoms with van der Waals surface area (Å²) in [7, 11) is -3.81. The third-order valence-corrected chi connectivity index (χ3v) is 5.12. The van der Waals surface area contributed by atoms with E-state index in [0.717, 1.165) is 42.7 Å². The van der Waals surface area contributed by atoms with Crippen LogP contribution in [0.25, 0.3) is 22.4 Å². The molecule has 0 spiro atoms. The standard InChI is InChI=1S/C18H12F5NO3S/c1-28(25,26)15-7-4-11(8-13(15)20)16-14(9-19)27-24-17(16)10-2-5-12(6-3-10)18(21,22)23/h2-8H,9H2,1H3. The van der Waals surface area contributed by atoms with Gasteiger partial charge in [-0.2, -0.15) is 13.2 Å². The molecule has 0 unspecified atom stereocenters. The zero-order chi connectivity index (χ0) is 20.7. The lowest BCUT2D eigenvalue weighted by Gasteiger charge is -2.08. The second-order valence-electron chi connectivity index (χ2n) is 5.96. The van der Waals surface area contributed by atoms with Crippen LogP contribution in [-0.2, 0) is 22.7 Å². The quantitative estimate of drug-likeness (QED) is 0.558. The lowest BCUT2D eigenvalue weighted by Crippen LogP contribution is -2.04. The summed E-state index contributed by atoms with van der Waals surface area (Å²) in [6.07, 6.45) is -3.69. The molecule has 3 rings (SSSR count). The summed E-state index contributed by atoms with van der Waals surface area (Å²) in [6, 6.07) is 7.08. The minimum atomic E-state index is -4.53. The third-order valence-electron chi connectivity index (χ3n) is 3.99. The Morgan fingerprint density at radius 1 is 1.04 bits per heavy atom. The number of hydrogen-bond donors (Lipinski definition) is 0. The summed E-state index contributed by atoms with van der Waals surface area (Å²) < 4.78 is 93.8. The SMILES string of the molecule is CS(=O)(=O)c1ccc(-c2c(-c3ccc(C(F)(F)F)cc3)noc2CF)cc1F. The van der Waals surface area contributed by atoms with Crippen LogP contribution in [0.3, 0.4) is 0 Å². The van der Waals surface area contributed by atoms with Crippen molar-refractivity contribution in [3.63, 3.8) is 0 Å². The summed E-state index contributed by atoms with van der Waals surface area (Å²) in [5.74, 6) is -1.31. The van der Waals surface area contributed by atoms with Gasteiger partial charge in [0.1, 0.15) is 16.4 Å². The lowest BCUT2D eigenvalue weighted by molar-refractivity contribution is -0.137. The van der Waals surface area contributed by atoms with Gasteiger partial charge in [0, 0.05) is 11.8 Å². The van der Waals surface area contributed by atoms with E-state index in [-0.39, 0.29) is 28.1 Å². The molecule has 28 heavy (non-hydrogen) atoms. The molecular weight excluding hydrogens is 405 g/mol. The molecule has 0 saturated heterocycles. The predicted molar refractivity (Wildman–Crippen MR) is 90.3 cm³/mol. The average molecular weight is 417 g/mol. The maximum absolute atomic E-state index is 14.2. The fraction of sp³-hybridized carbons (Fsp3) is 0.167. The van der Waals surface area contributed by atoms with Crippen molar-refractivity contribution in [1.82, 2.24) is 5.16 Å². The Kier molecular flexibility index (Phi) is 5.00. The molecule has 0 amide bonds. The summed E-state index contributed by atoms with van der Waals surface area (Å²) in [4.78, 5) is -0.536. The van der Waals surface area contributed by atoms with Crippen molar-refractivity contribution in [1.29, 1.82) is 0 Å². The molecule has 0 aliphatic rings. The first-order chi connectivity index (χ1) is 13.0. The molecule has 1 aromatic heterocycles. The molecule has 3 aromatic rings. The fourth-order valence-electron chi connectivity index (χ4n) is 2.68. The zero-order valence-corrected chi connectivity index (χ0v) is 15.0. The van der Waals surface area contributed by atoms with Gasteiger partial charge in [0.2, 0.25) is 0 Å². The van der Waals surface area contributed by atoms with E-state index in [4.69, 9.17) is 4.52 Å². The van der Waals surface area contributed by atoms with Gasteiger partial charge in [0.05, 0.1) is 11.1 Å². The number of nitrogens with zero attached hydrogens (tertiary/aromatic N) is 1. The smallest absolute Gasteiger partial charge is 0.357 e. The first-order valence-electron chi connectivity index (χ1n) is 7.74. The summed E-state index contributed by atoms with van der Waals surface area (Å²) >= 11 is 0. The predicted octanol–water partition coefficient (Wildman–Crippen LogP) is 5.04. The minimum absolute atomic E-state index is 0.00730. The molecular formula is C18H12F5NO3S. The molecule has 0 saturated carbocycles. The van der Waals surface area contributed by atoms with Crippen LogP contribution in [0.2, 0.25) is 0 Å². The van der Waals surface area contributed by atoms with Gasteiger partial charge in [0.25, 0.3) is 0 Å². The van der Waals surface area contributed by atoms with Gasteiger partial charge in [-0.15, -0.1) is 0 Å². The fourth-order valence-corrected chi connectivity index (χ4v) is 3.41. The largest absolute Gasteiger partial charge is 0.416 e. The number of hydrogen-bond acceptors (Lipinski definition) is 4. The van der Waals surface area contributed by atoms with Crippen molar-refractivity contribution in [3.8, 4) is 22.4 Å². The molecule has 0 N–H and O–H groups in total. The van der Waals surface area contributed by atoms with Crippen molar-refractivity contribution in [2.75, 3.05) is 6.26 Å². The first kappa shape index (κ1) is 20.0. The number of rotatable bonds is 4. The average Bonchev–Trinajstić information content (AvgIpc) is 3.04. The van der Waals surface area contributed by atoms with Gasteiger partial charge < -0.3 is 4.52 Å². The lowest BCUT2D eigenvalue weighted by atomic mass is 9.98. The number of benzene rings is 2. The molecule has 0 aliphatic carbocycles. The van der Waals surface area contributed by atoms with Crippen LogP contribution >= 0.6 is 0 Å². The maximum atomic E-state index is 14.2. The number of sulfone groups is 1. The Bertz CT molecular complexity index is 1120. The highest BCUT2D eigenvalue weighted by atomic mass is 32.2. The Hall–Kier alpha value is -2.75. The Balaban J connectivity index is 2.13. The molecule has 10 heteroatoms. The highest BCUT2D eigenvalue weighted by Gasteiger charge is 2.30. The van der Waals surface area contributed by atoms with Gasteiger partial charge in [0.15, 0.2) is 22.3 Å². The van der Waals surface area contributed by atoms with Gasteiger partial charge in [-0.05, 0) is 29.8 Å².